The largest absolute Gasteiger partial charge is 0.360 e. The second-order valence-corrected chi connectivity index (χ2v) is 6.67. The molecular formula is C19H17Cl2N3O2. The Labute approximate surface area is 160 Å². The Bertz CT molecular complexity index is 953. The Hall–Kier alpha value is -2.50. The number of H-pyrrole nitrogens is 1. The van der Waals surface area contributed by atoms with Gasteiger partial charge < -0.3 is 4.98 Å². The number of hydrogen-bond acceptors (Lipinski definition) is 2. The van der Waals surface area contributed by atoms with Crippen molar-refractivity contribution in [3.8, 4) is 0 Å². The minimum atomic E-state index is -0.361. The van der Waals surface area contributed by atoms with Crippen LogP contribution in [0.5, 0.6) is 0 Å². The highest BCUT2D eigenvalue weighted by atomic mass is 35.5. The molecule has 1 aromatic heterocycles. The number of aryl methyl sites for hydroxylation is 1. The Morgan fingerprint density at radius 2 is 1.81 bits per heavy atom. The average molecular weight is 390 g/mol. The second-order valence-electron chi connectivity index (χ2n) is 5.85. The minimum Gasteiger partial charge on any atom is -0.360 e. The van der Waals surface area contributed by atoms with Gasteiger partial charge in [-0.25, -0.2) is 0 Å². The van der Waals surface area contributed by atoms with E-state index in [9.17, 15) is 9.59 Å². The number of hydrazine groups is 1. The van der Waals surface area contributed by atoms with Gasteiger partial charge in [-0.3, -0.25) is 20.4 Å². The molecule has 7 heteroatoms. The fraction of sp³-hybridized carbons (Fsp3) is 0.158. The van der Waals surface area contributed by atoms with Gasteiger partial charge in [0.25, 0.3) is 5.91 Å². The summed E-state index contributed by atoms with van der Waals surface area (Å²) < 4.78 is 0. The lowest BCUT2D eigenvalue weighted by Crippen LogP contribution is -2.41. The third-order valence-corrected chi connectivity index (χ3v) is 4.74. The number of hydrogen-bond donors (Lipinski definition) is 3. The fourth-order valence-electron chi connectivity index (χ4n) is 2.66. The molecule has 0 atom stereocenters. The maximum atomic E-state index is 12.2. The minimum absolute atomic E-state index is 0.252. The van der Waals surface area contributed by atoms with E-state index in [1.54, 1.807) is 18.3 Å². The van der Waals surface area contributed by atoms with Crippen molar-refractivity contribution < 1.29 is 9.59 Å². The van der Waals surface area contributed by atoms with E-state index in [0.717, 1.165) is 16.5 Å². The molecule has 2 aromatic carbocycles. The summed E-state index contributed by atoms with van der Waals surface area (Å²) in [6.45, 7) is 0. The molecule has 0 bridgehead atoms. The van der Waals surface area contributed by atoms with E-state index in [2.05, 4.69) is 15.8 Å². The molecule has 0 saturated carbocycles. The van der Waals surface area contributed by atoms with Crippen LogP contribution >= 0.6 is 23.2 Å². The van der Waals surface area contributed by atoms with Gasteiger partial charge in [0, 0.05) is 23.5 Å². The van der Waals surface area contributed by atoms with Gasteiger partial charge in [0.2, 0.25) is 5.91 Å². The summed E-state index contributed by atoms with van der Waals surface area (Å²) in [4.78, 5) is 27.2. The second kappa shape index (κ2) is 8.25. The van der Waals surface area contributed by atoms with E-state index < -0.39 is 0 Å². The van der Waals surface area contributed by atoms with E-state index in [-0.39, 0.29) is 18.2 Å². The highest BCUT2D eigenvalue weighted by molar-refractivity contribution is 6.42. The van der Waals surface area contributed by atoms with Crippen LogP contribution in [0.4, 0.5) is 0 Å². The summed E-state index contributed by atoms with van der Waals surface area (Å²) in [5.41, 5.74) is 7.25. The third-order valence-electron chi connectivity index (χ3n) is 4.00. The zero-order chi connectivity index (χ0) is 18.5. The van der Waals surface area contributed by atoms with Crippen molar-refractivity contribution in [3.63, 3.8) is 0 Å². The zero-order valence-electron chi connectivity index (χ0n) is 13.8. The zero-order valence-corrected chi connectivity index (χ0v) is 15.3. The van der Waals surface area contributed by atoms with Crippen LogP contribution in [0, 0.1) is 0 Å². The van der Waals surface area contributed by atoms with Crippen LogP contribution in [-0.2, 0) is 11.2 Å². The Morgan fingerprint density at radius 1 is 1.00 bits per heavy atom. The molecule has 0 aliphatic rings. The van der Waals surface area contributed by atoms with Gasteiger partial charge in [-0.05, 0) is 36.6 Å². The molecule has 0 saturated heterocycles. The lowest BCUT2D eigenvalue weighted by Gasteiger charge is -2.07. The number of fused-ring (bicyclic) bond motifs is 1. The Balaban J connectivity index is 1.46. The summed E-state index contributed by atoms with van der Waals surface area (Å²) in [5.74, 6) is -0.612. The first-order chi connectivity index (χ1) is 12.5. The quantitative estimate of drug-likeness (QED) is 0.570. The van der Waals surface area contributed by atoms with Crippen molar-refractivity contribution >= 4 is 45.9 Å². The molecule has 0 radical (unpaired) electrons. The van der Waals surface area contributed by atoms with Gasteiger partial charge in [-0.15, -0.1) is 0 Å². The maximum Gasteiger partial charge on any atom is 0.271 e. The van der Waals surface area contributed by atoms with Crippen molar-refractivity contribution in [1.82, 2.24) is 15.8 Å². The normalized spacial score (nSPS) is 10.7. The first-order valence-corrected chi connectivity index (χ1v) is 8.89. The standard InChI is InChI=1S/C19H17Cl2N3O2/c20-15-9-8-12(10-16(15)21)4-3-7-18(25)23-24-19(26)14-11-22-17-6-2-1-5-13(14)17/h1-2,5-6,8-11,22H,3-4,7H2,(H,23,25)(H,24,26). The molecule has 3 rings (SSSR count). The lowest BCUT2D eigenvalue weighted by molar-refractivity contribution is -0.121. The van der Waals surface area contributed by atoms with Crippen LogP contribution in [0.25, 0.3) is 10.9 Å². The van der Waals surface area contributed by atoms with Crippen molar-refractivity contribution in [2.24, 2.45) is 0 Å². The molecule has 134 valence electrons. The highest BCUT2D eigenvalue weighted by Gasteiger charge is 2.12. The van der Waals surface area contributed by atoms with Crippen LogP contribution in [-0.4, -0.2) is 16.8 Å². The number of para-hydroxylation sites is 1. The average Bonchev–Trinajstić information content (AvgIpc) is 3.07. The molecule has 2 amide bonds. The smallest absolute Gasteiger partial charge is 0.271 e. The number of aromatic nitrogens is 1. The maximum absolute atomic E-state index is 12.2. The molecule has 0 aliphatic heterocycles. The summed E-state index contributed by atoms with van der Waals surface area (Å²) in [6, 6.07) is 12.9. The number of carbonyl (C=O) groups is 2. The topological polar surface area (TPSA) is 74.0 Å². The molecule has 3 aromatic rings. The third kappa shape index (κ3) is 4.36. The van der Waals surface area contributed by atoms with Crippen molar-refractivity contribution in [2.75, 3.05) is 0 Å². The van der Waals surface area contributed by atoms with Crippen LogP contribution in [0.2, 0.25) is 10.0 Å². The summed E-state index contributed by atoms with van der Waals surface area (Å²) >= 11 is 11.8. The van der Waals surface area contributed by atoms with E-state index >= 15 is 0 Å². The van der Waals surface area contributed by atoms with Gasteiger partial charge in [-0.1, -0.05) is 47.5 Å². The molecule has 5 nitrogen and oxygen atoms in total. The van der Waals surface area contributed by atoms with Gasteiger partial charge in [0.1, 0.15) is 0 Å². The summed E-state index contributed by atoms with van der Waals surface area (Å²) in [7, 11) is 0. The van der Waals surface area contributed by atoms with Gasteiger partial charge in [-0.2, -0.15) is 0 Å². The van der Waals surface area contributed by atoms with Crippen molar-refractivity contribution in [1.29, 1.82) is 0 Å². The monoisotopic (exact) mass is 389 g/mol. The van der Waals surface area contributed by atoms with E-state index in [4.69, 9.17) is 23.2 Å². The van der Waals surface area contributed by atoms with E-state index in [0.29, 0.717) is 28.5 Å². The van der Waals surface area contributed by atoms with E-state index in [1.165, 1.54) is 0 Å². The highest BCUT2D eigenvalue weighted by Crippen LogP contribution is 2.23. The number of amides is 2. The number of halogens is 2. The van der Waals surface area contributed by atoms with Crippen LogP contribution in [0.1, 0.15) is 28.8 Å². The van der Waals surface area contributed by atoms with Crippen LogP contribution < -0.4 is 10.9 Å². The molecule has 0 spiro atoms. The number of carbonyl (C=O) groups excluding carboxylic acids is 2. The predicted molar refractivity (Wildman–Crippen MR) is 103 cm³/mol. The Kier molecular flexibility index (Phi) is 5.81. The number of rotatable bonds is 5. The van der Waals surface area contributed by atoms with Gasteiger partial charge >= 0.3 is 0 Å². The molecule has 0 aliphatic carbocycles. The molecule has 26 heavy (non-hydrogen) atoms. The first kappa shape index (κ1) is 18.3. The van der Waals surface area contributed by atoms with E-state index in [1.807, 2.05) is 30.3 Å². The fourth-order valence-corrected chi connectivity index (χ4v) is 2.98. The first-order valence-electron chi connectivity index (χ1n) is 8.14. The molecule has 0 unspecified atom stereocenters. The predicted octanol–water partition coefficient (Wildman–Crippen LogP) is 4.26. The van der Waals surface area contributed by atoms with Crippen LogP contribution in [0.15, 0.2) is 48.7 Å². The number of nitrogens with one attached hydrogen (secondary N) is 3. The SMILES string of the molecule is O=C(CCCc1ccc(Cl)c(Cl)c1)NNC(=O)c1c[nH]c2ccccc12. The summed E-state index contributed by atoms with van der Waals surface area (Å²) in [5, 5.41) is 1.81. The molecule has 1 heterocycles. The van der Waals surface area contributed by atoms with Crippen molar-refractivity contribution in [3.05, 3.63) is 69.8 Å². The van der Waals surface area contributed by atoms with Gasteiger partial charge in [0.05, 0.1) is 15.6 Å². The Morgan fingerprint density at radius 3 is 2.62 bits per heavy atom. The van der Waals surface area contributed by atoms with Crippen molar-refractivity contribution in [2.45, 2.75) is 19.3 Å². The molecule has 3 N–H and O–H groups in total. The molecular weight excluding hydrogens is 373 g/mol. The number of benzene rings is 2. The molecule has 0 fully saturated rings. The summed E-state index contributed by atoms with van der Waals surface area (Å²) in [6.07, 6.45) is 3.23. The number of aromatic amines is 1. The van der Waals surface area contributed by atoms with Gasteiger partial charge in [0.15, 0.2) is 0 Å². The lowest BCUT2D eigenvalue weighted by atomic mass is 10.1. The van der Waals surface area contributed by atoms with Crippen LogP contribution in [0.3, 0.4) is 0 Å².